The highest BCUT2D eigenvalue weighted by Crippen LogP contribution is 2.23. The molecule has 0 radical (unpaired) electrons. The fourth-order valence-electron chi connectivity index (χ4n) is 2.84. The van der Waals surface area contributed by atoms with E-state index in [1.165, 1.54) is 36.0 Å². The molecule has 0 heterocycles. The molecule has 2 rings (SSSR count). The van der Waals surface area contributed by atoms with E-state index in [0.717, 1.165) is 13.1 Å². The van der Waals surface area contributed by atoms with E-state index in [1.807, 2.05) is 0 Å². The zero-order valence-corrected chi connectivity index (χ0v) is 12.3. The van der Waals surface area contributed by atoms with Crippen LogP contribution in [0.5, 0.6) is 0 Å². The summed E-state index contributed by atoms with van der Waals surface area (Å²) < 4.78 is 0. The van der Waals surface area contributed by atoms with E-state index in [0.29, 0.717) is 5.92 Å². The van der Waals surface area contributed by atoms with Crippen molar-refractivity contribution in [2.24, 2.45) is 11.8 Å². The van der Waals surface area contributed by atoms with Gasteiger partial charge >= 0.3 is 0 Å². The zero-order chi connectivity index (χ0) is 13.8. The first-order valence-electron chi connectivity index (χ1n) is 7.29. The summed E-state index contributed by atoms with van der Waals surface area (Å²) in [6.45, 7) is 6.04. The van der Waals surface area contributed by atoms with Gasteiger partial charge in [0.05, 0.1) is 12.0 Å². The number of rotatable bonds is 5. The standard InChI is InChI=1S/C17H24N2/c1-13(2)17(10-18)12-19(3)11-14-7-8-15-5-4-6-16(15)9-14/h7-9,13,17H,4-6,11-12H2,1-3H3. The lowest BCUT2D eigenvalue weighted by Crippen LogP contribution is -2.27. The van der Waals surface area contributed by atoms with Crippen molar-refractivity contribution in [1.29, 1.82) is 5.26 Å². The smallest absolute Gasteiger partial charge is 0.0672 e. The number of nitriles is 1. The summed E-state index contributed by atoms with van der Waals surface area (Å²) in [5, 5.41) is 9.16. The quantitative estimate of drug-likeness (QED) is 0.807. The molecule has 1 aliphatic rings. The molecule has 0 spiro atoms. The van der Waals surface area contributed by atoms with Crippen LogP contribution in [0, 0.1) is 23.2 Å². The SMILES string of the molecule is CC(C)C(C#N)CN(C)Cc1ccc2c(c1)CCC2. The predicted octanol–water partition coefficient (Wildman–Crippen LogP) is 3.40. The first kappa shape index (κ1) is 14.1. The Bertz CT molecular complexity index is 471. The van der Waals surface area contributed by atoms with Crippen LogP contribution in [0.25, 0.3) is 0 Å². The fourth-order valence-corrected chi connectivity index (χ4v) is 2.84. The molecule has 0 saturated heterocycles. The molecule has 0 aromatic heterocycles. The molecule has 1 aromatic rings. The minimum Gasteiger partial charge on any atom is -0.301 e. The maximum absolute atomic E-state index is 9.16. The van der Waals surface area contributed by atoms with Crippen LogP contribution in [-0.4, -0.2) is 18.5 Å². The van der Waals surface area contributed by atoms with Crippen molar-refractivity contribution < 1.29 is 0 Å². The maximum Gasteiger partial charge on any atom is 0.0672 e. The van der Waals surface area contributed by atoms with Gasteiger partial charge in [0.1, 0.15) is 0 Å². The third kappa shape index (κ3) is 3.58. The Kier molecular flexibility index (Phi) is 4.61. The molecule has 1 aromatic carbocycles. The summed E-state index contributed by atoms with van der Waals surface area (Å²) in [6, 6.07) is 9.31. The first-order valence-corrected chi connectivity index (χ1v) is 7.29. The average Bonchev–Trinajstić information content (AvgIpc) is 2.82. The van der Waals surface area contributed by atoms with Crippen LogP contribution in [0.4, 0.5) is 0 Å². The number of fused-ring (bicyclic) bond motifs is 1. The second-order valence-electron chi connectivity index (χ2n) is 6.13. The van der Waals surface area contributed by atoms with E-state index in [2.05, 4.69) is 50.1 Å². The summed E-state index contributed by atoms with van der Waals surface area (Å²) in [6.07, 6.45) is 3.79. The van der Waals surface area contributed by atoms with Gasteiger partial charge in [0, 0.05) is 13.1 Å². The van der Waals surface area contributed by atoms with Gasteiger partial charge in [-0.25, -0.2) is 0 Å². The van der Waals surface area contributed by atoms with E-state index >= 15 is 0 Å². The first-order chi connectivity index (χ1) is 9.10. The molecular weight excluding hydrogens is 232 g/mol. The monoisotopic (exact) mass is 256 g/mol. The molecule has 0 aliphatic heterocycles. The zero-order valence-electron chi connectivity index (χ0n) is 12.3. The number of aryl methyl sites for hydroxylation is 2. The molecular formula is C17H24N2. The van der Waals surface area contributed by atoms with Gasteiger partial charge < -0.3 is 4.90 Å². The lowest BCUT2D eigenvalue weighted by atomic mass is 9.97. The van der Waals surface area contributed by atoms with Gasteiger partial charge in [-0.15, -0.1) is 0 Å². The molecule has 2 heteroatoms. The average molecular weight is 256 g/mol. The Morgan fingerprint density at radius 2 is 2.00 bits per heavy atom. The minimum absolute atomic E-state index is 0.124. The Morgan fingerprint density at radius 1 is 1.26 bits per heavy atom. The highest BCUT2D eigenvalue weighted by atomic mass is 15.1. The fraction of sp³-hybridized carbons (Fsp3) is 0.588. The Morgan fingerprint density at radius 3 is 2.68 bits per heavy atom. The molecule has 0 fully saturated rings. The minimum atomic E-state index is 0.124. The van der Waals surface area contributed by atoms with E-state index in [4.69, 9.17) is 5.26 Å². The Balaban J connectivity index is 1.95. The van der Waals surface area contributed by atoms with E-state index in [-0.39, 0.29) is 5.92 Å². The topological polar surface area (TPSA) is 27.0 Å². The van der Waals surface area contributed by atoms with Crippen molar-refractivity contribution in [3.63, 3.8) is 0 Å². The molecule has 1 atom stereocenters. The lowest BCUT2D eigenvalue weighted by Gasteiger charge is -2.22. The molecule has 1 aliphatic carbocycles. The van der Waals surface area contributed by atoms with E-state index in [1.54, 1.807) is 0 Å². The van der Waals surface area contributed by atoms with Crippen molar-refractivity contribution >= 4 is 0 Å². The molecule has 0 amide bonds. The third-order valence-corrected chi connectivity index (χ3v) is 4.09. The van der Waals surface area contributed by atoms with Crippen LogP contribution < -0.4 is 0 Å². The molecule has 0 saturated carbocycles. The molecule has 2 nitrogen and oxygen atoms in total. The van der Waals surface area contributed by atoms with Crippen LogP contribution in [0.3, 0.4) is 0 Å². The van der Waals surface area contributed by atoms with Crippen LogP contribution >= 0.6 is 0 Å². The second-order valence-corrected chi connectivity index (χ2v) is 6.13. The van der Waals surface area contributed by atoms with Crippen molar-refractivity contribution in [1.82, 2.24) is 4.90 Å². The lowest BCUT2D eigenvalue weighted by molar-refractivity contribution is 0.265. The molecule has 19 heavy (non-hydrogen) atoms. The highest BCUT2D eigenvalue weighted by Gasteiger charge is 2.16. The summed E-state index contributed by atoms with van der Waals surface area (Å²) in [5.41, 5.74) is 4.44. The molecule has 102 valence electrons. The maximum atomic E-state index is 9.16. The normalized spacial score (nSPS) is 15.6. The summed E-state index contributed by atoms with van der Waals surface area (Å²) in [5.74, 6) is 0.548. The van der Waals surface area contributed by atoms with Gasteiger partial charge in [-0.3, -0.25) is 0 Å². The van der Waals surface area contributed by atoms with Gasteiger partial charge in [-0.2, -0.15) is 5.26 Å². The van der Waals surface area contributed by atoms with Crippen molar-refractivity contribution in [2.75, 3.05) is 13.6 Å². The van der Waals surface area contributed by atoms with Crippen LogP contribution in [0.1, 0.15) is 37.0 Å². The summed E-state index contributed by atoms with van der Waals surface area (Å²) in [4.78, 5) is 2.27. The third-order valence-electron chi connectivity index (χ3n) is 4.09. The number of hydrogen-bond donors (Lipinski definition) is 0. The number of nitrogens with zero attached hydrogens (tertiary/aromatic N) is 2. The van der Waals surface area contributed by atoms with Crippen molar-refractivity contribution in [3.8, 4) is 6.07 Å². The van der Waals surface area contributed by atoms with Crippen molar-refractivity contribution in [2.45, 2.75) is 39.7 Å². The van der Waals surface area contributed by atoms with Crippen LogP contribution in [0.15, 0.2) is 18.2 Å². The van der Waals surface area contributed by atoms with Gasteiger partial charge in [-0.1, -0.05) is 32.0 Å². The highest BCUT2D eigenvalue weighted by molar-refractivity contribution is 5.35. The summed E-state index contributed by atoms with van der Waals surface area (Å²) >= 11 is 0. The van der Waals surface area contributed by atoms with Gasteiger partial charge in [0.15, 0.2) is 0 Å². The Hall–Kier alpha value is -1.33. The summed E-state index contributed by atoms with van der Waals surface area (Å²) in [7, 11) is 2.11. The molecule has 0 N–H and O–H groups in total. The largest absolute Gasteiger partial charge is 0.301 e. The van der Waals surface area contributed by atoms with E-state index in [9.17, 15) is 0 Å². The van der Waals surface area contributed by atoms with Gasteiger partial charge in [0.2, 0.25) is 0 Å². The number of hydrogen-bond acceptors (Lipinski definition) is 2. The molecule has 0 bridgehead atoms. The van der Waals surface area contributed by atoms with Gasteiger partial charge in [0.25, 0.3) is 0 Å². The molecule has 1 unspecified atom stereocenters. The van der Waals surface area contributed by atoms with Crippen LogP contribution in [0.2, 0.25) is 0 Å². The van der Waals surface area contributed by atoms with E-state index < -0.39 is 0 Å². The van der Waals surface area contributed by atoms with Crippen molar-refractivity contribution in [3.05, 3.63) is 34.9 Å². The Labute approximate surface area is 117 Å². The predicted molar refractivity (Wildman–Crippen MR) is 78.7 cm³/mol. The van der Waals surface area contributed by atoms with Crippen LogP contribution in [-0.2, 0) is 19.4 Å². The second kappa shape index (κ2) is 6.21. The van der Waals surface area contributed by atoms with Gasteiger partial charge in [-0.05, 0) is 48.9 Å². The number of benzene rings is 1.